The van der Waals surface area contributed by atoms with E-state index in [1.54, 1.807) is 23.1 Å². The molecule has 1 fully saturated rings. The normalized spacial score (nSPS) is 16.5. The van der Waals surface area contributed by atoms with E-state index in [0.29, 0.717) is 40.3 Å². The average Bonchev–Trinajstić information content (AvgIpc) is 3.14. The molecule has 5 rings (SSSR count). The van der Waals surface area contributed by atoms with Gasteiger partial charge in [-0.2, -0.15) is 0 Å². The summed E-state index contributed by atoms with van der Waals surface area (Å²) >= 11 is 0. The average molecular weight is 485 g/mol. The lowest BCUT2D eigenvalue weighted by Gasteiger charge is -2.37. The molecule has 2 aromatic carbocycles. The van der Waals surface area contributed by atoms with Crippen molar-refractivity contribution in [2.24, 2.45) is 0 Å². The van der Waals surface area contributed by atoms with E-state index in [1.165, 1.54) is 13.4 Å². The van der Waals surface area contributed by atoms with Crippen molar-refractivity contribution in [1.82, 2.24) is 24.8 Å². The van der Waals surface area contributed by atoms with Crippen molar-refractivity contribution in [3.8, 4) is 23.1 Å². The Morgan fingerprint density at radius 2 is 1.94 bits per heavy atom. The SMILES string of the molecule is [B]c1c(Oc2ncnc3cc(OC)c(OC(=O)N4CCN(C)CC4C)cc23)ccc2[nH]c(C)c(C)c12. The first-order chi connectivity index (χ1) is 17.3. The summed E-state index contributed by atoms with van der Waals surface area (Å²) in [6, 6.07) is 7.13. The number of H-pyrrole nitrogens is 1. The number of nitrogens with one attached hydrogen (secondary N) is 1. The van der Waals surface area contributed by atoms with Crippen molar-refractivity contribution >= 4 is 41.2 Å². The van der Waals surface area contributed by atoms with E-state index in [4.69, 9.17) is 22.1 Å². The van der Waals surface area contributed by atoms with Gasteiger partial charge in [-0.15, -0.1) is 0 Å². The maximum absolute atomic E-state index is 13.0. The third kappa shape index (κ3) is 4.22. The predicted molar refractivity (Wildman–Crippen MR) is 139 cm³/mol. The molecule has 0 saturated carbocycles. The summed E-state index contributed by atoms with van der Waals surface area (Å²) in [6.45, 7) is 8.18. The monoisotopic (exact) mass is 485 g/mol. The van der Waals surface area contributed by atoms with E-state index >= 15 is 0 Å². The largest absolute Gasteiger partial charge is 0.493 e. The summed E-state index contributed by atoms with van der Waals surface area (Å²) < 4.78 is 17.5. The number of piperazine rings is 1. The van der Waals surface area contributed by atoms with Crippen LogP contribution in [0, 0.1) is 13.8 Å². The minimum absolute atomic E-state index is 0.0309. The number of carbonyl (C=O) groups is 1. The number of aromatic amines is 1. The van der Waals surface area contributed by atoms with Gasteiger partial charge in [-0.05, 0) is 62.4 Å². The number of fused-ring (bicyclic) bond motifs is 2. The van der Waals surface area contributed by atoms with Crippen molar-refractivity contribution in [1.29, 1.82) is 0 Å². The second-order valence-electron chi connectivity index (χ2n) is 9.25. The van der Waals surface area contributed by atoms with Gasteiger partial charge in [0.1, 0.15) is 19.9 Å². The highest BCUT2D eigenvalue weighted by atomic mass is 16.6. The predicted octanol–water partition coefficient (Wildman–Crippen LogP) is 3.46. The summed E-state index contributed by atoms with van der Waals surface area (Å²) in [4.78, 5) is 28.9. The van der Waals surface area contributed by atoms with Crippen LogP contribution in [0.5, 0.6) is 23.1 Å². The highest BCUT2D eigenvalue weighted by Gasteiger charge is 2.28. The van der Waals surface area contributed by atoms with E-state index in [0.717, 1.165) is 35.2 Å². The molecular formula is C26H28BN5O4. The smallest absolute Gasteiger partial charge is 0.415 e. The molecule has 1 saturated heterocycles. The van der Waals surface area contributed by atoms with Crippen LogP contribution >= 0.6 is 0 Å². The maximum Gasteiger partial charge on any atom is 0.415 e. The van der Waals surface area contributed by atoms with Gasteiger partial charge in [0.05, 0.1) is 18.0 Å². The third-order valence-corrected chi connectivity index (χ3v) is 6.82. The highest BCUT2D eigenvalue weighted by Crippen LogP contribution is 2.36. The zero-order valence-corrected chi connectivity index (χ0v) is 21.1. The fourth-order valence-electron chi connectivity index (χ4n) is 4.71. The molecular weight excluding hydrogens is 457 g/mol. The molecule has 1 aliphatic rings. The van der Waals surface area contributed by atoms with Crippen LogP contribution in [0.4, 0.5) is 4.79 Å². The first-order valence-electron chi connectivity index (χ1n) is 11.8. The fourth-order valence-corrected chi connectivity index (χ4v) is 4.71. The van der Waals surface area contributed by atoms with Gasteiger partial charge in [-0.3, -0.25) is 0 Å². The molecule has 0 spiro atoms. The van der Waals surface area contributed by atoms with Gasteiger partial charge in [0.25, 0.3) is 0 Å². The molecule has 1 N–H and O–H groups in total. The Kier molecular flexibility index (Phi) is 6.21. The van der Waals surface area contributed by atoms with Gasteiger partial charge in [0.15, 0.2) is 11.5 Å². The van der Waals surface area contributed by atoms with Crippen LogP contribution in [0.15, 0.2) is 30.6 Å². The van der Waals surface area contributed by atoms with Crippen LogP contribution in [0.1, 0.15) is 18.2 Å². The van der Waals surface area contributed by atoms with Crippen LogP contribution < -0.4 is 19.7 Å². The first-order valence-corrected chi connectivity index (χ1v) is 11.8. The number of carbonyl (C=O) groups excluding carboxylic acids is 1. The topological polar surface area (TPSA) is 92.8 Å². The number of ether oxygens (including phenoxy) is 3. The fraction of sp³-hybridized carbons (Fsp3) is 0.346. The summed E-state index contributed by atoms with van der Waals surface area (Å²) in [5.74, 6) is 1.43. The number of aromatic nitrogens is 3. The molecule has 1 aliphatic heterocycles. The molecule has 2 aromatic heterocycles. The lowest BCUT2D eigenvalue weighted by molar-refractivity contribution is 0.0886. The highest BCUT2D eigenvalue weighted by molar-refractivity contribution is 6.41. The second kappa shape index (κ2) is 9.35. The molecule has 1 atom stereocenters. The van der Waals surface area contributed by atoms with Crippen LogP contribution in [0.2, 0.25) is 0 Å². The summed E-state index contributed by atoms with van der Waals surface area (Å²) in [6.07, 6.45) is 0.982. The number of benzene rings is 2. The Morgan fingerprint density at radius 1 is 1.14 bits per heavy atom. The second-order valence-corrected chi connectivity index (χ2v) is 9.25. The number of amides is 1. The van der Waals surface area contributed by atoms with E-state index in [1.807, 2.05) is 33.9 Å². The quantitative estimate of drug-likeness (QED) is 0.443. The van der Waals surface area contributed by atoms with Crippen molar-refractivity contribution in [2.75, 3.05) is 33.8 Å². The number of rotatable bonds is 4. The van der Waals surface area contributed by atoms with Crippen molar-refractivity contribution in [3.63, 3.8) is 0 Å². The Labute approximate surface area is 210 Å². The van der Waals surface area contributed by atoms with Crippen molar-refractivity contribution in [3.05, 3.63) is 41.9 Å². The van der Waals surface area contributed by atoms with Gasteiger partial charge in [0, 0.05) is 43.0 Å². The van der Waals surface area contributed by atoms with Crippen LogP contribution in [-0.4, -0.2) is 78.5 Å². The number of likely N-dealkylation sites (N-methyl/N-ethyl adjacent to an activating group) is 1. The summed E-state index contributed by atoms with van der Waals surface area (Å²) in [5.41, 5.74) is 4.16. The van der Waals surface area contributed by atoms with Crippen molar-refractivity contribution in [2.45, 2.75) is 26.8 Å². The Morgan fingerprint density at radius 3 is 2.69 bits per heavy atom. The molecule has 0 bridgehead atoms. The lowest BCUT2D eigenvalue weighted by atomic mass is 9.89. The molecule has 10 heteroatoms. The Bertz CT molecular complexity index is 1470. The minimum Gasteiger partial charge on any atom is -0.493 e. The Balaban J connectivity index is 1.50. The van der Waals surface area contributed by atoms with Gasteiger partial charge in [-0.25, -0.2) is 14.8 Å². The van der Waals surface area contributed by atoms with E-state index in [-0.39, 0.29) is 11.8 Å². The molecule has 4 aromatic rings. The van der Waals surface area contributed by atoms with E-state index < -0.39 is 6.09 Å². The molecule has 1 amide bonds. The number of aryl methyl sites for hydroxylation is 2. The number of nitrogens with zero attached hydrogens (tertiary/aromatic N) is 4. The molecule has 9 nitrogen and oxygen atoms in total. The maximum atomic E-state index is 13.0. The Hall–Kier alpha value is -3.79. The van der Waals surface area contributed by atoms with Gasteiger partial charge in [0.2, 0.25) is 5.88 Å². The zero-order chi connectivity index (χ0) is 25.6. The van der Waals surface area contributed by atoms with Crippen LogP contribution in [0.3, 0.4) is 0 Å². The number of hydrogen-bond acceptors (Lipinski definition) is 7. The standard InChI is InChI=1S/C26H28BN5O4/c1-14-12-31(4)8-9-32(14)26(33)36-22-10-17-19(11-21(22)34-5)28-13-29-25(17)35-20-7-6-18-23(24(20)27)15(2)16(3)30-18/h6-7,10-11,13-14,30H,8-9,12H2,1-5H3. The number of methoxy groups -OCH3 is 1. The van der Waals surface area contributed by atoms with E-state index in [2.05, 4.69) is 19.9 Å². The first kappa shape index (κ1) is 23.9. The van der Waals surface area contributed by atoms with Gasteiger partial charge >= 0.3 is 6.09 Å². The third-order valence-electron chi connectivity index (χ3n) is 6.82. The summed E-state index contributed by atoms with van der Waals surface area (Å²) in [5, 5.41) is 1.48. The molecule has 184 valence electrons. The van der Waals surface area contributed by atoms with Gasteiger partial charge < -0.3 is 29.0 Å². The summed E-state index contributed by atoms with van der Waals surface area (Å²) in [7, 11) is 10.0. The molecule has 2 radical (unpaired) electrons. The van der Waals surface area contributed by atoms with Gasteiger partial charge in [-0.1, -0.05) is 0 Å². The molecule has 0 aliphatic carbocycles. The molecule has 1 unspecified atom stereocenters. The lowest BCUT2D eigenvalue weighted by Crippen LogP contribution is -2.53. The number of hydrogen-bond donors (Lipinski definition) is 1. The molecule has 36 heavy (non-hydrogen) atoms. The van der Waals surface area contributed by atoms with Crippen molar-refractivity contribution < 1.29 is 19.0 Å². The zero-order valence-electron chi connectivity index (χ0n) is 21.1. The van der Waals surface area contributed by atoms with E-state index in [9.17, 15) is 4.79 Å². The minimum atomic E-state index is -0.430. The van der Waals surface area contributed by atoms with Crippen LogP contribution in [-0.2, 0) is 0 Å². The van der Waals surface area contributed by atoms with Crippen LogP contribution in [0.25, 0.3) is 21.8 Å². The molecule has 3 heterocycles.